The number of ether oxygens (including phenoxy) is 1. The van der Waals surface area contributed by atoms with Gasteiger partial charge in [0.15, 0.2) is 0 Å². The summed E-state index contributed by atoms with van der Waals surface area (Å²) in [7, 11) is 1.69. The SMILES string of the molecule is COc1c(Br)cc(Br)cc1CNCC(C)C. The van der Waals surface area contributed by atoms with Crippen molar-refractivity contribution in [2.75, 3.05) is 13.7 Å². The maximum Gasteiger partial charge on any atom is 0.137 e. The van der Waals surface area contributed by atoms with Gasteiger partial charge in [-0.1, -0.05) is 29.8 Å². The van der Waals surface area contributed by atoms with Crippen molar-refractivity contribution >= 4 is 31.9 Å². The quantitative estimate of drug-likeness (QED) is 0.867. The number of methoxy groups -OCH3 is 1. The minimum Gasteiger partial charge on any atom is -0.495 e. The van der Waals surface area contributed by atoms with Gasteiger partial charge in [0, 0.05) is 16.6 Å². The Morgan fingerprint density at radius 1 is 1.31 bits per heavy atom. The maximum atomic E-state index is 5.38. The van der Waals surface area contributed by atoms with Crippen molar-refractivity contribution in [1.82, 2.24) is 5.32 Å². The second-order valence-electron chi connectivity index (χ2n) is 4.10. The Labute approximate surface area is 114 Å². The molecule has 4 heteroatoms. The largest absolute Gasteiger partial charge is 0.495 e. The number of nitrogens with one attached hydrogen (secondary N) is 1. The average molecular weight is 351 g/mol. The van der Waals surface area contributed by atoms with Crippen LogP contribution in [0.2, 0.25) is 0 Å². The first-order chi connectivity index (χ1) is 7.54. The lowest BCUT2D eigenvalue weighted by Gasteiger charge is -2.13. The fourth-order valence-corrected chi connectivity index (χ4v) is 2.94. The number of benzene rings is 1. The van der Waals surface area contributed by atoms with Gasteiger partial charge in [0.2, 0.25) is 0 Å². The molecule has 0 amide bonds. The maximum absolute atomic E-state index is 5.38. The summed E-state index contributed by atoms with van der Waals surface area (Å²) in [5.74, 6) is 1.56. The minimum atomic E-state index is 0.654. The van der Waals surface area contributed by atoms with Crippen LogP contribution in [-0.4, -0.2) is 13.7 Å². The van der Waals surface area contributed by atoms with Crippen molar-refractivity contribution < 1.29 is 4.74 Å². The lowest BCUT2D eigenvalue weighted by molar-refractivity contribution is 0.404. The molecule has 0 atom stereocenters. The van der Waals surface area contributed by atoms with Crippen LogP contribution in [-0.2, 0) is 6.54 Å². The van der Waals surface area contributed by atoms with Gasteiger partial charge in [-0.3, -0.25) is 0 Å². The molecule has 0 aliphatic heterocycles. The van der Waals surface area contributed by atoms with Crippen LogP contribution in [0, 0.1) is 5.92 Å². The summed E-state index contributed by atoms with van der Waals surface area (Å²) < 4.78 is 7.42. The van der Waals surface area contributed by atoms with Crippen molar-refractivity contribution in [3.8, 4) is 5.75 Å². The summed E-state index contributed by atoms with van der Waals surface area (Å²) >= 11 is 6.98. The molecular weight excluding hydrogens is 334 g/mol. The standard InChI is InChI=1S/C12H17Br2NO/c1-8(2)6-15-7-9-4-10(13)5-11(14)12(9)16-3/h4-5,8,15H,6-7H2,1-3H3. The molecule has 0 unspecified atom stereocenters. The summed E-state index contributed by atoms with van der Waals surface area (Å²) in [4.78, 5) is 0. The molecular formula is C12H17Br2NO. The molecule has 0 spiro atoms. The van der Waals surface area contributed by atoms with Gasteiger partial charge in [-0.2, -0.15) is 0 Å². The molecule has 16 heavy (non-hydrogen) atoms. The summed E-state index contributed by atoms with van der Waals surface area (Å²) in [6, 6.07) is 4.07. The van der Waals surface area contributed by atoms with E-state index in [2.05, 4.69) is 57.1 Å². The van der Waals surface area contributed by atoms with E-state index in [1.165, 1.54) is 0 Å². The van der Waals surface area contributed by atoms with Crippen LogP contribution in [0.4, 0.5) is 0 Å². The molecule has 0 aliphatic rings. The van der Waals surface area contributed by atoms with Gasteiger partial charge in [0.25, 0.3) is 0 Å². The molecule has 2 nitrogen and oxygen atoms in total. The third kappa shape index (κ3) is 4.07. The number of hydrogen-bond acceptors (Lipinski definition) is 2. The lowest BCUT2D eigenvalue weighted by atomic mass is 10.2. The average Bonchev–Trinajstić information content (AvgIpc) is 2.16. The van der Waals surface area contributed by atoms with Crippen LogP contribution in [0.25, 0.3) is 0 Å². The van der Waals surface area contributed by atoms with Crippen molar-refractivity contribution in [2.45, 2.75) is 20.4 Å². The molecule has 0 fully saturated rings. The fourth-order valence-electron chi connectivity index (χ4n) is 1.47. The summed E-state index contributed by atoms with van der Waals surface area (Å²) in [5.41, 5.74) is 1.16. The van der Waals surface area contributed by atoms with E-state index in [0.29, 0.717) is 5.92 Å². The predicted molar refractivity (Wildman–Crippen MR) is 74.9 cm³/mol. The van der Waals surface area contributed by atoms with Crippen LogP contribution in [0.1, 0.15) is 19.4 Å². The van der Waals surface area contributed by atoms with Crippen LogP contribution in [0.5, 0.6) is 5.75 Å². The van der Waals surface area contributed by atoms with E-state index in [-0.39, 0.29) is 0 Å². The highest BCUT2D eigenvalue weighted by Gasteiger charge is 2.08. The van der Waals surface area contributed by atoms with E-state index in [9.17, 15) is 0 Å². The topological polar surface area (TPSA) is 21.3 Å². The Hall–Kier alpha value is -0.0600. The van der Waals surface area contributed by atoms with E-state index in [0.717, 1.165) is 33.3 Å². The molecule has 1 aromatic rings. The zero-order valence-corrected chi connectivity index (χ0v) is 13.0. The zero-order valence-electron chi connectivity index (χ0n) is 9.81. The first-order valence-electron chi connectivity index (χ1n) is 5.27. The molecule has 0 aromatic heterocycles. The van der Waals surface area contributed by atoms with Gasteiger partial charge in [0.1, 0.15) is 5.75 Å². The van der Waals surface area contributed by atoms with Crippen molar-refractivity contribution in [1.29, 1.82) is 0 Å². The highest BCUT2D eigenvalue weighted by Crippen LogP contribution is 2.32. The van der Waals surface area contributed by atoms with Gasteiger partial charge >= 0.3 is 0 Å². The van der Waals surface area contributed by atoms with E-state index in [1.54, 1.807) is 7.11 Å². The molecule has 0 aliphatic carbocycles. The van der Waals surface area contributed by atoms with Crippen LogP contribution in [0.15, 0.2) is 21.1 Å². The van der Waals surface area contributed by atoms with Crippen LogP contribution in [0.3, 0.4) is 0 Å². The third-order valence-corrected chi connectivity index (χ3v) is 3.20. The van der Waals surface area contributed by atoms with Gasteiger partial charge in [-0.15, -0.1) is 0 Å². The molecule has 0 radical (unpaired) electrons. The summed E-state index contributed by atoms with van der Waals surface area (Å²) in [6.45, 7) is 6.22. The smallest absolute Gasteiger partial charge is 0.137 e. The van der Waals surface area contributed by atoms with Crippen molar-refractivity contribution in [2.24, 2.45) is 5.92 Å². The molecule has 90 valence electrons. The molecule has 0 bridgehead atoms. The van der Waals surface area contributed by atoms with Gasteiger partial charge in [0.05, 0.1) is 11.6 Å². The first-order valence-corrected chi connectivity index (χ1v) is 6.85. The van der Waals surface area contributed by atoms with Crippen molar-refractivity contribution in [3.63, 3.8) is 0 Å². The van der Waals surface area contributed by atoms with E-state index in [1.807, 2.05) is 6.07 Å². The number of rotatable bonds is 5. The Kier molecular flexibility index (Phi) is 5.79. The van der Waals surface area contributed by atoms with Crippen LogP contribution < -0.4 is 10.1 Å². The van der Waals surface area contributed by atoms with Crippen molar-refractivity contribution in [3.05, 3.63) is 26.6 Å². The van der Waals surface area contributed by atoms with E-state index < -0.39 is 0 Å². The molecule has 1 N–H and O–H groups in total. The normalized spacial score (nSPS) is 10.9. The molecule has 1 aromatic carbocycles. The highest BCUT2D eigenvalue weighted by molar-refractivity contribution is 9.11. The van der Waals surface area contributed by atoms with E-state index >= 15 is 0 Å². The highest BCUT2D eigenvalue weighted by atomic mass is 79.9. The Bertz CT molecular complexity index is 353. The van der Waals surface area contributed by atoms with E-state index in [4.69, 9.17) is 4.74 Å². The molecule has 0 saturated carbocycles. The minimum absolute atomic E-state index is 0.654. The Balaban J connectivity index is 2.77. The van der Waals surface area contributed by atoms with Gasteiger partial charge in [-0.25, -0.2) is 0 Å². The van der Waals surface area contributed by atoms with Gasteiger partial charge < -0.3 is 10.1 Å². The van der Waals surface area contributed by atoms with Crippen LogP contribution >= 0.6 is 31.9 Å². The first kappa shape index (κ1) is 14.0. The predicted octanol–water partition coefficient (Wildman–Crippen LogP) is 3.97. The number of halogens is 2. The number of hydrogen-bond donors (Lipinski definition) is 1. The second-order valence-corrected chi connectivity index (χ2v) is 5.87. The molecule has 0 heterocycles. The summed E-state index contributed by atoms with van der Waals surface area (Å²) in [5, 5.41) is 3.41. The Morgan fingerprint density at radius 2 is 2.00 bits per heavy atom. The lowest BCUT2D eigenvalue weighted by Crippen LogP contribution is -2.19. The summed E-state index contributed by atoms with van der Waals surface area (Å²) in [6.07, 6.45) is 0. The third-order valence-electron chi connectivity index (χ3n) is 2.16. The fraction of sp³-hybridized carbons (Fsp3) is 0.500. The Morgan fingerprint density at radius 3 is 2.56 bits per heavy atom. The monoisotopic (exact) mass is 349 g/mol. The molecule has 1 rings (SSSR count). The molecule has 0 saturated heterocycles. The van der Waals surface area contributed by atoms with Gasteiger partial charge in [-0.05, 0) is 40.5 Å². The second kappa shape index (κ2) is 6.62. The zero-order chi connectivity index (χ0) is 12.1.